The van der Waals surface area contributed by atoms with Gasteiger partial charge in [-0.25, -0.2) is 4.79 Å². The molecule has 4 rings (SSSR count). The lowest BCUT2D eigenvalue weighted by molar-refractivity contribution is 0.564. The van der Waals surface area contributed by atoms with E-state index in [-0.39, 0.29) is 5.63 Å². The summed E-state index contributed by atoms with van der Waals surface area (Å²) >= 11 is 1.54. The van der Waals surface area contributed by atoms with E-state index in [1.807, 2.05) is 66.0 Å². The Morgan fingerprint density at radius 1 is 0.917 bits per heavy atom. The molecular formula is C20H15NO2S. The number of benzene rings is 2. The van der Waals surface area contributed by atoms with Crippen LogP contribution in [0.25, 0.3) is 32.5 Å². The molecule has 118 valence electrons. The molecule has 0 saturated heterocycles. The Morgan fingerprint density at radius 2 is 1.71 bits per heavy atom. The molecule has 0 aliphatic carbocycles. The Kier molecular flexibility index (Phi) is 3.76. The Bertz CT molecular complexity index is 1050. The quantitative estimate of drug-likeness (QED) is 0.555. The zero-order chi connectivity index (χ0) is 16.5. The van der Waals surface area contributed by atoms with Gasteiger partial charge in [-0.3, -0.25) is 0 Å². The predicted molar refractivity (Wildman–Crippen MR) is 99.1 cm³/mol. The van der Waals surface area contributed by atoms with Crippen LogP contribution in [0.1, 0.15) is 5.56 Å². The normalized spacial score (nSPS) is 11.0. The fourth-order valence-electron chi connectivity index (χ4n) is 2.90. The fourth-order valence-corrected chi connectivity index (χ4v) is 3.67. The van der Waals surface area contributed by atoms with E-state index in [0.717, 1.165) is 27.0 Å². The van der Waals surface area contributed by atoms with Crippen LogP contribution in [-0.4, -0.2) is 0 Å². The molecule has 0 bridgehead atoms. The van der Waals surface area contributed by atoms with Crippen LogP contribution in [0.5, 0.6) is 0 Å². The van der Waals surface area contributed by atoms with Crippen LogP contribution in [0.2, 0.25) is 0 Å². The highest BCUT2D eigenvalue weighted by molar-refractivity contribution is 7.13. The molecule has 0 fully saturated rings. The van der Waals surface area contributed by atoms with Crippen molar-refractivity contribution in [2.75, 3.05) is 0 Å². The SMILES string of the molecule is NCc1ccc(-c2c(-c3cccs3)c(=O)oc3ccccc23)cc1. The van der Waals surface area contributed by atoms with Gasteiger partial charge in [-0.1, -0.05) is 48.5 Å². The lowest BCUT2D eigenvalue weighted by atomic mass is 9.95. The number of nitrogens with two attached hydrogens (primary N) is 1. The highest BCUT2D eigenvalue weighted by Gasteiger charge is 2.18. The molecule has 4 heteroatoms. The maximum atomic E-state index is 12.7. The van der Waals surface area contributed by atoms with Crippen molar-refractivity contribution in [1.29, 1.82) is 0 Å². The second kappa shape index (κ2) is 6.07. The Morgan fingerprint density at radius 3 is 2.42 bits per heavy atom. The highest BCUT2D eigenvalue weighted by atomic mass is 32.1. The van der Waals surface area contributed by atoms with Gasteiger partial charge < -0.3 is 10.2 Å². The molecule has 0 saturated carbocycles. The zero-order valence-electron chi connectivity index (χ0n) is 12.9. The third-order valence-corrected chi connectivity index (χ3v) is 4.95. The number of para-hydroxylation sites is 1. The largest absolute Gasteiger partial charge is 0.422 e. The van der Waals surface area contributed by atoms with Crippen molar-refractivity contribution in [1.82, 2.24) is 0 Å². The number of hydrogen-bond acceptors (Lipinski definition) is 4. The van der Waals surface area contributed by atoms with Gasteiger partial charge in [0, 0.05) is 22.4 Å². The summed E-state index contributed by atoms with van der Waals surface area (Å²) in [5, 5.41) is 2.90. The van der Waals surface area contributed by atoms with Gasteiger partial charge in [0.1, 0.15) is 5.58 Å². The first-order valence-corrected chi connectivity index (χ1v) is 8.55. The zero-order valence-corrected chi connectivity index (χ0v) is 13.7. The van der Waals surface area contributed by atoms with Gasteiger partial charge in [0.25, 0.3) is 0 Å². The summed E-state index contributed by atoms with van der Waals surface area (Å²) in [7, 11) is 0. The topological polar surface area (TPSA) is 56.2 Å². The predicted octanol–water partition coefficient (Wildman–Crippen LogP) is 4.65. The molecule has 0 spiro atoms. The average Bonchev–Trinajstić information content (AvgIpc) is 3.15. The molecule has 0 amide bonds. The number of hydrogen-bond donors (Lipinski definition) is 1. The maximum Gasteiger partial charge on any atom is 0.345 e. The van der Waals surface area contributed by atoms with Crippen molar-refractivity contribution in [3.63, 3.8) is 0 Å². The minimum Gasteiger partial charge on any atom is -0.422 e. The summed E-state index contributed by atoms with van der Waals surface area (Å²) in [4.78, 5) is 13.6. The summed E-state index contributed by atoms with van der Waals surface area (Å²) in [6.07, 6.45) is 0. The van der Waals surface area contributed by atoms with Crippen LogP contribution in [-0.2, 0) is 6.54 Å². The van der Waals surface area contributed by atoms with E-state index in [2.05, 4.69) is 0 Å². The van der Waals surface area contributed by atoms with Crippen LogP contribution >= 0.6 is 11.3 Å². The molecule has 2 N–H and O–H groups in total. The average molecular weight is 333 g/mol. The van der Waals surface area contributed by atoms with E-state index < -0.39 is 0 Å². The van der Waals surface area contributed by atoms with Gasteiger partial charge in [-0.05, 0) is 28.6 Å². The van der Waals surface area contributed by atoms with Gasteiger partial charge in [0.2, 0.25) is 0 Å². The third kappa shape index (κ3) is 2.46. The number of thiophene rings is 1. The van der Waals surface area contributed by atoms with E-state index in [9.17, 15) is 4.79 Å². The first kappa shape index (κ1) is 14.9. The Labute approximate surface area is 143 Å². The molecule has 3 nitrogen and oxygen atoms in total. The molecular weight excluding hydrogens is 318 g/mol. The van der Waals surface area contributed by atoms with Crippen molar-refractivity contribution in [2.45, 2.75) is 6.54 Å². The molecule has 0 radical (unpaired) electrons. The van der Waals surface area contributed by atoms with Crippen LogP contribution in [0.3, 0.4) is 0 Å². The molecule has 0 aliphatic rings. The van der Waals surface area contributed by atoms with Gasteiger partial charge in [-0.2, -0.15) is 0 Å². The second-order valence-corrected chi connectivity index (χ2v) is 6.46. The summed E-state index contributed by atoms with van der Waals surface area (Å²) < 4.78 is 5.55. The monoisotopic (exact) mass is 333 g/mol. The third-order valence-electron chi connectivity index (χ3n) is 4.06. The van der Waals surface area contributed by atoms with Crippen molar-refractivity contribution in [2.24, 2.45) is 5.73 Å². The van der Waals surface area contributed by atoms with Crippen LogP contribution in [0.4, 0.5) is 0 Å². The van der Waals surface area contributed by atoms with E-state index in [1.165, 1.54) is 11.3 Å². The molecule has 0 unspecified atom stereocenters. The van der Waals surface area contributed by atoms with E-state index in [0.29, 0.717) is 17.7 Å². The smallest absolute Gasteiger partial charge is 0.345 e. The van der Waals surface area contributed by atoms with Crippen molar-refractivity contribution < 1.29 is 4.42 Å². The van der Waals surface area contributed by atoms with Crippen LogP contribution < -0.4 is 11.4 Å². The van der Waals surface area contributed by atoms with Gasteiger partial charge in [0.05, 0.1) is 5.56 Å². The van der Waals surface area contributed by atoms with Crippen LogP contribution in [0.15, 0.2) is 75.3 Å². The fraction of sp³-hybridized carbons (Fsp3) is 0.0500. The van der Waals surface area contributed by atoms with Gasteiger partial charge >= 0.3 is 5.63 Å². The van der Waals surface area contributed by atoms with Crippen molar-refractivity contribution >= 4 is 22.3 Å². The lowest BCUT2D eigenvalue weighted by Crippen LogP contribution is -2.05. The molecule has 0 aliphatic heterocycles. The van der Waals surface area contributed by atoms with Crippen molar-refractivity contribution in [3.05, 3.63) is 82.0 Å². The maximum absolute atomic E-state index is 12.7. The molecule has 2 aromatic heterocycles. The number of rotatable bonds is 3. The number of fused-ring (bicyclic) bond motifs is 1. The molecule has 24 heavy (non-hydrogen) atoms. The van der Waals surface area contributed by atoms with Gasteiger partial charge in [0.15, 0.2) is 0 Å². The van der Waals surface area contributed by atoms with Gasteiger partial charge in [-0.15, -0.1) is 11.3 Å². The van der Waals surface area contributed by atoms with E-state index in [1.54, 1.807) is 0 Å². The summed E-state index contributed by atoms with van der Waals surface area (Å²) in [6.45, 7) is 0.496. The summed E-state index contributed by atoms with van der Waals surface area (Å²) in [5.41, 5.74) is 9.55. The standard InChI is InChI=1S/C20H15NO2S/c21-12-13-7-9-14(10-8-13)18-15-4-1-2-5-16(15)23-20(22)19(18)17-6-3-11-24-17/h1-11H,12,21H2. The Balaban J connectivity index is 2.10. The lowest BCUT2D eigenvalue weighted by Gasteiger charge is -2.11. The van der Waals surface area contributed by atoms with E-state index in [4.69, 9.17) is 10.2 Å². The van der Waals surface area contributed by atoms with Crippen LogP contribution in [0, 0.1) is 0 Å². The molecule has 0 atom stereocenters. The minimum atomic E-state index is -0.311. The first-order chi connectivity index (χ1) is 11.8. The second-order valence-electron chi connectivity index (χ2n) is 5.51. The van der Waals surface area contributed by atoms with Crippen molar-refractivity contribution in [3.8, 4) is 21.6 Å². The highest BCUT2D eigenvalue weighted by Crippen LogP contribution is 2.37. The minimum absolute atomic E-state index is 0.311. The van der Waals surface area contributed by atoms with E-state index >= 15 is 0 Å². The summed E-state index contributed by atoms with van der Waals surface area (Å²) in [6, 6.07) is 19.6. The first-order valence-electron chi connectivity index (χ1n) is 7.67. The summed E-state index contributed by atoms with van der Waals surface area (Å²) in [5.74, 6) is 0. The Hall–Kier alpha value is -2.69. The molecule has 4 aromatic rings. The molecule has 2 aromatic carbocycles. The molecule has 2 heterocycles.